The summed E-state index contributed by atoms with van der Waals surface area (Å²) in [5, 5.41) is 3.03. The van der Waals surface area contributed by atoms with Crippen LogP contribution in [-0.2, 0) is 6.42 Å². The van der Waals surface area contributed by atoms with Gasteiger partial charge in [-0.05, 0) is 43.2 Å². The average Bonchev–Trinajstić information content (AvgIpc) is 2.44. The summed E-state index contributed by atoms with van der Waals surface area (Å²) in [4.78, 5) is 4.25. The Morgan fingerprint density at radius 1 is 1.10 bits per heavy atom. The summed E-state index contributed by atoms with van der Waals surface area (Å²) < 4.78 is 12.8. The molecular formula is C16H19FIN3. The van der Waals surface area contributed by atoms with E-state index in [0.717, 1.165) is 17.7 Å². The molecule has 0 aliphatic heterocycles. The molecule has 2 aromatic rings. The van der Waals surface area contributed by atoms with Crippen LogP contribution in [0.15, 0.2) is 53.5 Å². The molecule has 0 spiro atoms. The van der Waals surface area contributed by atoms with Crippen LogP contribution in [0.2, 0.25) is 0 Å². The number of nitrogens with zero attached hydrogens (tertiary/aromatic N) is 1. The van der Waals surface area contributed by atoms with Gasteiger partial charge in [0.1, 0.15) is 5.82 Å². The van der Waals surface area contributed by atoms with Gasteiger partial charge in [0.2, 0.25) is 0 Å². The third-order valence-corrected chi connectivity index (χ3v) is 2.92. The molecule has 0 saturated carbocycles. The SMILES string of the molecule is Cc1ccc(NC(N)=NCCc2ccc(F)cc2)cc1.I. The molecule has 0 heterocycles. The van der Waals surface area contributed by atoms with Crippen molar-refractivity contribution in [2.24, 2.45) is 10.7 Å². The minimum Gasteiger partial charge on any atom is -0.370 e. The summed E-state index contributed by atoms with van der Waals surface area (Å²) in [6.07, 6.45) is 0.733. The second-order valence-electron chi connectivity index (χ2n) is 4.63. The topological polar surface area (TPSA) is 50.4 Å². The molecule has 0 unspecified atom stereocenters. The average molecular weight is 399 g/mol. The summed E-state index contributed by atoms with van der Waals surface area (Å²) in [7, 11) is 0. The molecule has 3 nitrogen and oxygen atoms in total. The number of aryl methyl sites for hydroxylation is 1. The first-order chi connectivity index (χ1) is 9.63. The number of hydrogen-bond donors (Lipinski definition) is 2. The molecule has 0 bridgehead atoms. The lowest BCUT2D eigenvalue weighted by Gasteiger charge is -2.06. The highest BCUT2D eigenvalue weighted by Crippen LogP contribution is 2.08. The molecule has 21 heavy (non-hydrogen) atoms. The fourth-order valence-electron chi connectivity index (χ4n) is 1.78. The third-order valence-electron chi connectivity index (χ3n) is 2.92. The fourth-order valence-corrected chi connectivity index (χ4v) is 1.78. The lowest BCUT2D eigenvalue weighted by Crippen LogP contribution is -2.23. The zero-order chi connectivity index (χ0) is 14.4. The van der Waals surface area contributed by atoms with Crippen LogP contribution in [0.5, 0.6) is 0 Å². The Morgan fingerprint density at radius 3 is 2.33 bits per heavy atom. The molecular weight excluding hydrogens is 380 g/mol. The third kappa shape index (κ3) is 6.12. The van der Waals surface area contributed by atoms with Crippen molar-refractivity contribution in [1.29, 1.82) is 0 Å². The second kappa shape index (κ2) is 8.61. The van der Waals surface area contributed by atoms with Gasteiger partial charge < -0.3 is 11.1 Å². The van der Waals surface area contributed by atoms with Crippen molar-refractivity contribution in [2.75, 3.05) is 11.9 Å². The zero-order valence-electron chi connectivity index (χ0n) is 11.8. The van der Waals surface area contributed by atoms with Crippen molar-refractivity contribution in [3.05, 3.63) is 65.5 Å². The molecule has 0 aromatic heterocycles. The first-order valence-corrected chi connectivity index (χ1v) is 6.51. The van der Waals surface area contributed by atoms with Gasteiger partial charge >= 0.3 is 0 Å². The van der Waals surface area contributed by atoms with Crippen molar-refractivity contribution >= 4 is 35.6 Å². The molecule has 0 amide bonds. The van der Waals surface area contributed by atoms with Crippen LogP contribution in [0, 0.1) is 12.7 Å². The van der Waals surface area contributed by atoms with Gasteiger partial charge in [-0.2, -0.15) is 0 Å². The summed E-state index contributed by atoms with van der Waals surface area (Å²) in [6.45, 7) is 2.60. The molecule has 0 aliphatic carbocycles. The summed E-state index contributed by atoms with van der Waals surface area (Å²) >= 11 is 0. The molecule has 0 aliphatic rings. The molecule has 0 fully saturated rings. The fraction of sp³-hybridized carbons (Fsp3) is 0.188. The predicted octanol–water partition coefficient (Wildman–Crippen LogP) is 3.72. The largest absolute Gasteiger partial charge is 0.370 e. The van der Waals surface area contributed by atoms with E-state index < -0.39 is 0 Å². The number of anilines is 1. The van der Waals surface area contributed by atoms with Gasteiger partial charge in [0.25, 0.3) is 0 Å². The van der Waals surface area contributed by atoms with Crippen LogP contribution in [0.1, 0.15) is 11.1 Å². The Morgan fingerprint density at radius 2 is 1.71 bits per heavy atom. The van der Waals surface area contributed by atoms with Crippen LogP contribution >= 0.6 is 24.0 Å². The molecule has 0 saturated heterocycles. The predicted molar refractivity (Wildman–Crippen MR) is 96.8 cm³/mol. The van der Waals surface area contributed by atoms with Gasteiger partial charge in [-0.15, -0.1) is 24.0 Å². The van der Waals surface area contributed by atoms with Crippen molar-refractivity contribution in [1.82, 2.24) is 0 Å². The van der Waals surface area contributed by atoms with Gasteiger partial charge in [0.05, 0.1) is 0 Å². The Balaban J connectivity index is 0.00000220. The van der Waals surface area contributed by atoms with Gasteiger partial charge in [-0.3, -0.25) is 4.99 Å². The summed E-state index contributed by atoms with van der Waals surface area (Å²) in [5.74, 6) is 0.161. The maximum Gasteiger partial charge on any atom is 0.193 e. The van der Waals surface area contributed by atoms with Crippen LogP contribution in [0.4, 0.5) is 10.1 Å². The van der Waals surface area contributed by atoms with Gasteiger partial charge in [-0.1, -0.05) is 29.8 Å². The van der Waals surface area contributed by atoms with E-state index in [0.29, 0.717) is 12.5 Å². The molecule has 0 radical (unpaired) electrons. The molecule has 2 aromatic carbocycles. The first kappa shape index (κ1) is 17.4. The number of guanidine groups is 1. The smallest absolute Gasteiger partial charge is 0.193 e. The van der Waals surface area contributed by atoms with Crippen molar-refractivity contribution in [3.8, 4) is 0 Å². The molecule has 5 heteroatoms. The van der Waals surface area contributed by atoms with E-state index in [-0.39, 0.29) is 29.8 Å². The highest BCUT2D eigenvalue weighted by Gasteiger charge is 1.96. The second-order valence-corrected chi connectivity index (χ2v) is 4.63. The van der Waals surface area contributed by atoms with Crippen molar-refractivity contribution in [3.63, 3.8) is 0 Å². The number of rotatable bonds is 4. The number of benzene rings is 2. The number of halogens is 2. The van der Waals surface area contributed by atoms with Gasteiger partial charge in [0.15, 0.2) is 5.96 Å². The number of nitrogens with one attached hydrogen (secondary N) is 1. The Labute approximate surface area is 141 Å². The van der Waals surface area contributed by atoms with Gasteiger partial charge in [0, 0.05) is 12.2 Å². The zero-order valence-corrected chi connectivity index (χ0v) is 14.2. The number of hydrogen-bond acceptors (Lipinski definition) is 1. The Hall–Kier alpha value is -1.63. The Kier molecular flexibility index (Phi) is 7.14. The minimum atomic E-state index is -0.224. The van der Waals surface area contributed by atoms with E-state index in [2.05, 4.69) is 10.3 Å². The molecule has 112 valence electrons. The van der Waals surface area contributed by atoms with Crippen LogP contribution in [-0.4, -0.2) is 12.5 Å². The van der Waals surface area contributed by atoms with Crippen LogP contribution in [0.3, 0.4) is 0 Å². The first-order valence-electron chi connectivity index (χ1n) is 6.51. The van der Waals surface area contributed by atoms with E-state index in [1.54, 1.807) is 12.1 Å². The van der Waals surface area contributed by atoms with E-state index in [1.165, 1.54) is 17.7 Å². The maximum absolute atomic E-state index is 12.8. The van der Waals surface area contributed by atoms with Crippen LogP contribution in [0.25, 0.3) is 0 Å². The van der Waals surface area contributed by atoms with E-state index in [1.807, 2.05) is 31.2 Å². The van der Waals surface area contributed by atoms with Crippen molar-refractivity contribution < 1.29 is 4.39 Å². The van der Waals surface area contributed by atoms with Crippen LogP contribution < -0.4 is 11.1 Å². The quantitative estimate of drug-likeness (QED) is 0.468. The normalized spacial score (nSPS) is 10.9. The molecule has 0 atom stereocenters. The minimum absolute atomic E-state index is 0. The summed E-state index contributed by atoms with van der Waals surface area (Å²) in [5.41, 5.74) is 8.96. The van der Waals surface area contributed by atoms with E-state index in [4.69, 9.17) is 5.73 Å². The lowest BCUT2D eigenvalue weighted by atomic mass is 10.1. The molecule has 2 rings (SSSR count). The van der Waals surface area contributed by atoms with Crippen molar-refractivity contribution in [2.45, 2.75) is 13.3 Å². The monoisotopic (exact) mass is 399 g/mol. The van der Waals surface area contributed by atoms with E-state index in [9.17, 15) is 4.39 Å². The Bertz CT molecular complexity index is 579. The number of nitrogens with two attached hydrogens (primary N) is 1. The summed E-state index contributed by atoms with van der Waals surface area (Å²) in [6, 6.07) is 14.3. The maximum atomic E-state index is 12.8. The lowest BCUT2D eigenvalue weighted by molar-refractivity contribution is 0.627. The van der Waals surface area contributed by atoms with E-state index >= 15 is 0 Å². The molecule has 3 N–H and O–H groups in total. The number of aliphatic imine (C=N–C) groups is 1. The standard InChI is InChI=1S/C16H18FN3.HI/c1-12-2-8-15(9-3-12)20-16(18)19-11-10-13-4-6-14(17)7-5-13;/h2-9H,10-11H2,1H3,(H3,18,19,20);1H. The highest BCUT2D eigenvalue weighted by atomic mass is 127. The highest BCUT2D eigenvalue weighted by molar-refractivity contribution is 14.0. The van der Waals surface area contributed by atoms with Gasteiger partial charge in [-0.25, -0.2) is 4.39 Å².